The Kier molecular flexibility index (Phi) is 4.12. The van der Waals surface area contributed by atoms with Crippen LogP contribution in [-0.4, -0.2) is 28.2 Å². The van der Waals surface area contributed by atoms with Crippen LogP contribution >= 0.6 is 11.6 Å². The molecule has 4 nitrogen and oxygen atoms in total. The molecular weight excluding hydrogens is 310 g/mol. The molecule has 1 N–H and O–H groups in total. The standard InChI is InChI=1S/C18H22ClN3O/c19-13-4-5-15-16(10-13)20-12-21-17(15)22-14-6-9-23-18(11-14)7-2-1-3-8-18/h4-5,10,12,14H,1-3,6-9,11H2,(H,20,21,22). The summed E-state index contributed by atoms with van der Waals surface area (Å²) in [4.78, 5) is 8.78. The molecule has 23 heavy (non-hydrogen) atoms. The zero-order valence-corrected chi connectivity index (χ0v) is 14.0. The Labute approximate surface area is 141 Å². The molecule has 2 aromatic rings. The monoisotopic (exact) mass is 331 g/mol. The van der Waals surface area contributed by atoms with Gasteiger partial charge in [-0.3, -0.25) is 0 Å². The molecule has 0 bridgehead atoms. The Morgan fingerprint density at radius 1 is 1.17 bits per heavy atom. The van der Waals surface area contributed by atoms with E-state index in [2.05, 4.69) is 15.3 Å². The maximum atomic E-state index is 6.19. The highest BCUT2D eigenvalue weighted by molar-refractivity contribution is 6.31. The van der Waals surface area contributed by atoms with Crippen molar-refractivity contribution in [1.82, 2.24) is 9.97 Å². The van der Waals surface area contributed by atoms with Crippen LogP contribution in [-0.2, 0) is 4.74 Å². The van der Waals surface area contributed by atoms with E-state index in [1.54, 1.807) is 6.33 Å². The van der Waals surface area contributed by atoms with Gasteiger partial charge in [0.15, 0.2) is 0 Å². The van der Waals surface area contributed by atoms with Gasteiger partial charge in [-0.2, -0.15) is 0 Å². The van der Waals surface area contributed by atoms with Gasteiger partial charge in [0.05, 0.1) is 11.1 Å². The Bertz CT molecular complexity index is 694. The van der Waals surface area contributed by atoms with E-state index in [0.717, 1.165) is 36.2 Å². The van der Waals surface area contributed by atoms with E-state index in [-0.39, 0.29) is 5.60 Å². The number of anilines is 1. The van der Waals surface area contributed by atoms with Gasteiger partial charge in [-0.1, -0.05) is 30.9 Å². The Balaban J connectivity index is 1.56. The van der Waals surface area contributed by atoms with Crippen LogP contribution in [0.25, 0.3) is 10.9 Å². The highest BCUT2D eigenvalue weighted by Gasteiger charge is 2.38. The predicted octanol–water partition coefficient (Wildman–Crippen LogP) is 4.58. The molecule has 1 saturated heterocycles. The zero-order valence-electron chi connectivity index (χ0n) is 13.2. The number of nitrogens with zero attached hydrogens (tertiary/aromatic N) is 2. The summed E-state index contributed by atoms with van der Waals surface area (Å²) in [7, 11) is 0. The van der Waals surface area contributed by atoms with Crippen LogP contribution < -0.4 is 5.32 Å². The molecule has 2 heterocycles. The largest absolute Gasteiger partial charge is 0.375 e. The highest BCUT2D eigenvalue weighted by Crippen LogP contribution is 2.39. The van der Waals surface area contributed by atoms with Crippen LogP contribution in [0.5, 0.6) is 0 Å². The molecule has 2 fully saturated rings. The molecule has 1 atom stereocenters. The number of halogens is 1. The van der Waals surface area contributed by atoms with Crippen molar-refractivity contribution in [1.29, 1.82) is 0 Å². The SMILES string of the molecule is Clc1ccc2c(NC3CCOC4(CCCCC4)C3)ncnc2c1. The molecule has 1 spiro atoms. The second-order valence-corrected chi connectivity index (χ2v) is 7.25. The van der Waals surface area contributed by atoms with Gasteiger partial charge in [0, 0.05) is 23.1 Å². The van der Waals surface area contributed by atoms with Crippen LogP contribution in [0.1, 0.15) is 44.9 Å². The van der Waals surface area contributed by atoms with Crippen molar-refractivity contribution in [3.05, 3.63) is 29.5 Å². The van der Waals surface area contributed by atoms with Crippen LogP contribution in [0.3, 0.4) is 0 Å². The maximum absolute atomic E-state index is 6.19. The van der Waals surface area contributed by atoms with Crippen molar-refractivity contribution < 1.29 is 4.74 Å². The number of benzene rings is 1. The average molecular weight is 332 g/mol. The summed E-state index contributed by atoms with van der Waals surface area (Å²) >= 11 is 6.06. The smallest absolute Gasteiger partial charge is 0.137 e. The minimum atomic E-state index is 0.0975. The first-order valence-corrected chi connectivity index (χ1v) is 8.93. The number of aromatic nitrogens is 2. The van der Waals surface area contributed by atoms with Gasteiger partial charge in [0.2, 0.25) is 0 Å². The van der Waals surface area contributed by atoms with E-state index in [1.165, 1.54) is 32.1 Å². The Hall–Kier alpha value is -1.39. The van der Waals surface area contributed by atoms with Gasteiger partial charge in [0.1, 0.15) is 12.1 Å². The van der Waals surface area contributed by atoms with Crippen molar-refractivity contribution in [2.75, 3.05) is 11.9 Å². The number of hydrogen-bond donors (Lipinski definition) is 1. The van der Waals surface area contributed by atoms with Crippen LogP contribution in [0.4, 0.5) is 5.82 Å². The predicted molar refractivity (Wildman–Crippen MR) is 93.0 cm³/mol. The van der Waals surface area contributed by atoms with Crippen LogP contribution in [0.2, 0.25) is 5.02 Å². The van der Waals surface area contributed by atoms with Crippen LogP contribution in [0.15, 0.2) is 24.5 Å². The van der Waals surface area contributed by atoms with Crippen molar-refractivity contribution in [2.45, 2.75) is 56.6 Å². The van der Waals surface area contributed by atoms with Gasteiger partial charge in [-0.15, -0.1) is 0 Å². The lowest BCUT2D eigenvalue weighted by Gasteiger charge is -2.43. The molecule has 1 aliphatic heterocycles. The number of nitrogens with one attached hydrogen (secondary N) is 1. The summed E-state index contributed by atoms with van der Waals surface area (Å²) in [5.41, 5.74) is 0.981. The van der Waals surface area contributed by atoms with E-state index < -0.39 is 0 Å². The normalized spacial score (nSPS) is 24.0. The second kappa shape index (κ2) is 6.25. The lowest BCUT2D eigenvalue weighted by atomic mass is 9.78. The van der Waals surface area contributed by atoms with Gasteiger partial charge < -0.3 is 10.1 Å². The first-order valence-electron chi connectivity index (χ1n) is 8.55. The summed E-state index contributed by atoms with van der Waals surface area (Å²) in [5.74, 6) is 0.907. The minimum Gasteiger partial charge on any atom is -0.375 e. The van der Waals surface area contributed by atoms with Crippen LogP contribution in [0, 0.1) is 0 Å². The average Bonchev–Trinajstić information content (AvgIpc) is 2.55. The molecule has 1 aromatic heterocycles. The van der Waals surface area contributed by atoms with Crippen molar-refractivity contribution in [3.8, 4) is 0 Å². The molecule has 0 radical (unpaired) electrons. The first-order chi connectivity index (χ1) is 11.2. The molecule has 2 aliphatic rings. The Morgan fingerprint density at radius 3 is 2.91 bits per heavy atom. The van der Waals surface area contributed by atoms with Crippen molar-refractivity contribution >= 4 is 28.3 Å². The first kappa shape index (κ1) is 15.2. The van der Waals surface area contributed by atoms with Gasteiger partial charge >= 0.3 is 0 Å². The highest BCUT2D eigenvalue weighted by atomic mass is 35.5. The summed E-state index contributed by atoms with van der Waals surface area (Å²) in [6.07, 6.45) is 10.0. The minimum absolute atomic E-state index is 0.0975. The summed E-state index contributed by atoms with van der Waals surface area (Å²) < 4.78 is 6.19. The van der Waals surface area contributed by atoms with E-state index in [0.29, 0.717) is 11.1 Å². The lowest BCUT2D eigenvalue weighted by Crippen LogP contribution is -2.45. The molecule has 1 unspecified atom stereocenters. The van der Waals surface area contributed by atoms with Gasteiger partial charge in [-0.05, 0) is 43.9 Å². The summed E-state index contributed by atoms with van der Waals surface area (Å²) in [6, 6.07) is 6.19. The summed E-state index contributed by atoms with van der Waals surface area (Å²) in [6.45, 7) is 0.840. The van der Waals surface area contributed by atoms with Crippen molar-refractivity contribution in [2.24, 2.45) is 0 Å². The lowest BCUT2D eigenvalue weighted by molar-refractivity contribution is -0.103. The quantitative estimate of drug-likeness (QED) is 0.875. The fourth-order valence-electron chi connectivity index (χ4n) is 4.03. The fraction of sp³-hybridized carbons (Fsp3) is 0.556. The van der Waals surface area contributed by atoms with E-state index in [9.17, 15) is 0 Å². The van der Waals surface area contributed by atoms with E-state index in [4.69, 9.17) is 16.3 Å². The molecule has 1 aromatic carbocycles. The third kappa shape index (κ3) is 3.15. The van der Waals surface area contributed by atoms with Gasteiger partial charge in [0.25, 0.3) is 0 Å². The zero-order chi connectivity index (χ0) is 15.7. The molecular formula is C18H22ClN3O. The van der Waals surface area contributed by atoms with Gasteiger partial charge in [-0.25, -0.2) is 9.97 Å². The molecule has 4 rings (SSSR count). The third-order valence-corrected chi connectivity index (χ3v) is 5.43. The third-order valence-electron chi connectivity index (χ3n) is 5.20. The molecule has 122 valence electrons. The Morgan fingerprint density at radius 2 is 2.04 bits per heavy atom. The van der Waals surface area contributed by atoms with Crippen molar-refractivity contribution in [3.63, 3.8) is 0 Å². The number of fused-ring (bicyclic) bond motifs is 1. The summed E-state index contributed by atoms with van der Waals surface area (Å²) in [5, 5.41) is 5.37. The molecule has 1 saturated carbocycles. The maximum Gasteiger partial charge on any atom is 0.137 e. The number of rotatable bonds is 2. The topological polar surface area (TPSA) is 47.0 Å². The number of hydrogen-bond acceptors (Lipinski definition) is 4. The second-order valence-electron chi connectivity index (χ2n) is 6.81. The fourth-order valence-corrected chi connectivity index (χ4v) is 4.20. The van der Waals surface area contributed by atoms with E-state index >= 15 is 0 Å². The molecule has 5 heteroatoms. The molecule has 0 amide bonds. The van der Waals surface area contributed by atoms with E-state index in [1.807, 2.05) is 18.2 Å². The molecule has 1 aliphatic carbocycles. The number of ether oxygens (including phenoxy) is 1.